The molecule has 0 aromatic rings. The Kier molecular flexibility index (Phi) is 2.06. The van der Waals surface area contributed by atoms with Crippen LogP contribution in [0.3, 0.4) is 0 Å². The molecule has 0 N–H and O–H groups in total. The number of hydrogen-bond donors (Lipinski definition) is 0. The largest absolute Gasteiger partial charge is 0.301 e. The second-order valence-electron chi connectivity index (χ2n) is 1.25. The summed E-state index contributed by atoms with van der Waals surface area (Å²) >= 11 is 3.47. The summed E-state index contributed by atoms with van der Waals surface area (Å²) < 4.78 is 0.250. The van der Waals surface area contributed by atoms with Gasteiger partial charge in [-0.3, -0.25) is 0 Å². The van der Waals surface area contributed by atoms with Crippen LogP contribution >= 0.6 is 23.5 Å². The van der Waals surface area contributed by atoms with Crippen molar-refractivity contribution in [1.82, 2.24) is 0 Å². The number of hydrogen-bond acceptors (Lipinski definition) is 3. The maximum absolute atomic E-state index is 9.97. The van der Waals surface area contributed by atoms with E-state index in [9.17, 15) is 4.79 Å². The first-order chi connectivity index (χ1) is 3.43. The van der Waals surface area contributed by atoms with Crippen LogP contribution in [0.4, 0.5) is 0 Å². The summed E-state index contributed by atoms with van der Waals surface area (Å²) in [5, 5.41) is 0. The Morgan fingerprint density at radius 2 is 2.00 bits per heavy atom. The number of rotatable bonds is 1. The molecule has 0 aromatic heterocycles. The third kappa shape index (κ3) is 1.39. The summed E-state index contributed by atoms with van der Waals surface area (Å²) in [6.45, 7) is 0. The molecule has 0 aromatic carbocycles. The zero-order valence-corrected chi connectivity index (χ0v) is 5.43. The molecule has 40 valence electrons. The number of carbonyl (C=O) groups is 1. The Bertz CT molecular complexity index is 68.1. The minimum absolute atomic E-state index is 0.250. The van der Waals surface area contributed by atoms with Gasteiger partial charge in [0.2, 0.25) is 0 Å². The van der Waals surface area contributed by atoms with Crippen LogP contribution in [0.1, 0.15) is 0 Å². The summed E-state index contributed by atoms with van der Waals surface area (Å²) in [7, 11) is 0. The highest BCUT2D eigenvalue weighted by molar-refractivity contribution is 8.21. The molecule has 0 spiro atoms. The van der Waals surface area contributed by atoms with Crippen LogP contribution in [0.15, 0.2) is 0 Å². The van der Waals surface area contributed by atoms with Gasteiger partial charge in [0.25, 0.3) is 0 Å². The molecule has 0 unspecified atom stereocenters. The van der Waals surface area contributed by atoms with Gasteiger partial charge in [-0.2, -0.15) is 0 Å². The number of thioether (sulfide) groups is 2. The van der Waals surface area contributed by atoms with Crippen molar-refractivity contribution in [2.75, 3.05) is 11.5 Å². The lowest BCUT2D eigenvalue weighted by Crippen LogP contribution is -1.89. The summed E-state index contributed by atoms with van der Waals surface area (Å²) in [6.07, 6.45) is 1.02. The van der Waals surface area contributed by atoms with Crippen molar-refractivity contribution in [3.8, 4) is 0 Å². The lowest BCUT2D eigenvalue weighted by Gasteiger charge is -1.89. The van der Waals surface area contributed by atoms with Crippen molar-refractivity contribution >= 4 is 29.8 Å². The third-order valence-electron chi connectivity index (χ3n) is 0.759. The second kappa shape index (κ2) is 2.62. The van der Waals surface area contributed by atoms with E-state index in [4.69, 9.17) is 0 Å². The van der Waals surface area contributed by atoms with Crippen LogP contribution in [0.2, 0.25) is 0 Å². The van der Waals surface area contributed by atoms with Crippen LogP contribution in [-0.4, -0.2) is 22.4 Å². The van der Waals surface area contributed by atoms with E-state index in [0.29, 0.717) is 0 Å². The van der Waals surface area contributed by atoms with Crippen LogP contribution in [0, 0.1) is 0 Å². The predicted octanol–water partition coefficient (Wildman–Crippen LogP) is 0.991. The first kappa shape index (κ1) is 5.51. The van der Waals surface area contributed by atoms with E-state index in [1.54, 1.807) is 23.5 Å². The zero-order valence-electron chi connectivity index (χ0n) is 3.79. The number of aldehydes is 1. The van der Waals surface area contributed by atoms with Crippen molar-refractivity contribution < 1.29 is 4.79 Å². The van der Waals surface area contributed by atoms with E-state index < -0.39 is 0 Å². The average Bonchev–Trinajstić information content (AvgIpc) is 2.14. The molecule has 0 radical (unpaired) electrons. The Hall–Kier alpha value is 0.370. The van der Waals surface area contributed by atoms with E-state index in [-0.39, 0.29) is 4.58 Å². The molecule has 0 bridgehead atoms. The molecule has 0 saturated carbocycles. The maximum Gasteiger partial charge on any atom is 0.142 e. The van der Waals surface area contributed by atoms with E-state index in [1.165, 1.54) is 0 Å². The molecule has 1 aliphatic rings. The molecule has 1 aliphatic heterocycles. The Balaban J connectivity index is 2.26. The first-order valence-corrected chi connectivity index (χ1v) is 4.22. The molecule has 1 saturated heterocycles. The van der Waals surface area contributed by atoms with E-state index in [1.807, 2.05) is 0 Å². The standard InChI is InChI=1S/C4H6OS2/c5-3-4-6-1-2-7-4/h3-4H,1-2H2. The quantitative estimate of drug-likeness (QED) is 0.498. The Morgan fingerprint density at radius 1 is 1.43 bits per heavy atom. The summed E-state index contributed by atoms with van der Waals surface area (Å²) in [6, 6.07) is 0. The molecular formula is C4H6OS2. The molecule has 1 heterocycles. The fourth-order valence-electron chi connectivity index (χ4n) is 0.455. The van der Waals surface area contributed by atoms with Crippen molar-refractivity contribution in [1.29, 1.82) is 0 Å². The lowest BCUT2D eigenvalue weighted by molar-refractivity contribution is -0.106. The van der Waals surface area contributed by atoms with Crippen molar-refractivity contribution in [2.45, 2.75) is 4.58 Å². The lowest BCUT2D eigenvalue weighted by atomic mass is 10.9. The topological polar surface area (TPSA) is 17.1 Å². The second-order valence-corrected chi connectivity index (χ2v) is 4.04. The molecular weight excluding hydrogens is 128 g/mol. The molecule has 1 fully saturated rings. The highest BCUT2D eigenvalue weighted by Gasteiger charge is 2.13. The predicted molar refractivity (Wildman–Crippen MR) is 34.8 cm³/mol. The molecule has 3 heteroatoms. The van der Waals surface area contributed by atoms with Gasteiger partial charge in [-0.1, -0.05) is 0 Å². The normalized spacial score (nSPS) is 22.9. The summed E-state index contributed by atoms with van der Waals surface area (Å²) in [4.78, 5) is 9.97. The van der Waals surface area contributed by atoms with Gasteiger partial charge in [0.1, 0.15) is 10.9 Å². The zero-order chi connectivity index (χ0) is 5.11. The minimum Gasteiger partial charge on any atom is -0.301 e. The van der Waals surface area contributed by atoms with Crippen molar-refractivity contribution in [3.63, 3.8) is 0 Å². The molecule has 7 heavy (non-hydrogen) atoms. The molecule has 0 aliphatic carbocycles. The fraction of sp³-hybridized carbons (Fsp3) is 0.750. The molecule has 0 amide bonds. The van der Waals surface area contributed by atoms with E-state index in [0.717, 1.165) is 17.8 Å². The van der Waals surface area contributed by atoms with Gasteiger partial charge in [-0.15, -0.1) is 23.5 Å². The van der Waals surface area contributed by atoms with Gasteiger partial charge in [-0.05, 0) is 0 Å². The van der Waals surface area contributed by atoms with Gasteiger partial charge >= 0.3 is 0 Å². The highest BCUT2D eigenvalue weighted by atomic mass is 32.2. The average molecular weight is 134 g/mol. The van der Waals surface area contributed by atoms with E-state index >= 15 is 0 Å². The summed E-state index contributed by atoms with van der Waals surface area (Å²) in [5.41, 5.74) is 0. The highest BCUT2D eigenvalue weighted by Crippen LogP contribution is 2.29. The molecule has 1 nitrogen and oxygen atoms in total. The van der Waals surface area contributed by atoms with Crippen LogP contribution in [0.5, 0.6) is 0 Å². The monoisotopic (exact) mass is 134 g/mol. The van der Waals surface area contributed by atoms with Crippen LogP contribution < -0.4 is 0 Å². The molecule has 1 rings (SSSR count). The van der Waals surface area contributed by atoms with Gasteiger partial charge in [-0.25, -0.2) is 0 Å². The van der Waals surface area contributed by atoms with Crippen LogP contribution in [0.25, 0.3) is 0 Å². The van der Waals surface area contributed by atoms with Crippen LogP contribution in [-0.2, 0) is 4.79 Å². The van der Waals surface area contributed by atoms with Crippen molar-refractivity contribution in [3.05, 3.63) is 0 Å². The van der Waals surface area contributed by atoms with Gasteiger partial charge in [0.05, 0.1) is 0 Å². The first-order valence-electron chi connectivity index (χ1n) is 2.12. The molecule has 0 atom stereocenters. The third-order valence-corrected chi connectivity index (χ3v) is 3.59. The fourth-order valence-corrected chi connectivity index (χ4v) is 2.81. The minimum atomic E-state index is 0.250. The van der Waals surface area contributed by atoms with E-state index in [2.05, 4.69) is 0 Å². The maximum atomic E-state index is 9.97. The SMILES string of the molecule is O=CC1SCCS1. The van der Waals surface area contributed by atoms with Gasteiger partial charge in [0, 0.05) is 11.5 Å². The van der Waals surface area contributed by atoms with Crippen molar-refractivity contribution in [2.24, 2.45) is 0 Å². The van der Waals surface area contributed by atoms with Gasteiger partial charge in [0.15, 0.2) is 0 Å². The summed E-state index contributed by atoms with van der Waals surface area (Å²) in [5.74, 6) is 2.29. The Morgan fingerprint density at radius 3 is 2.29 bits per heavy atom. The van der Waals surface area contributed by atoms with Gasteiger partial charge < -0.3 is 4.79 Å². The Labute approximate surface area is 51.2 Å². The smallest absolute Gasteiger partial charge is 0.142 e. The number of carbonyl (C=O) groups excluding carboxylic acids is 1.